The third-order valence-electron chi connectivity index (χ3n) is 4.43. The number of ketones is 1. The van der Waals surface area contributed by atoms with Crippen molar-refractivity contribution in [2.75, 3.05) is 23.3 Å². The second-order valence-corrected chi connectivity index (χ2v) is 6.17. The van der Waals surface area contributed by atoms with Crippen LogP contribution in [0.1, 0.15) is 35.7 Å². The SMILES string of the molecule is CC(=O)c1c(F)cccc1NCCC(=O)N1CCCc2ccccc21. The summed E-state index contributed by atoms with van der Waals surface area (Å²) in [6.07, 6.45) is 2.22. The number of nitrogens with zero attached hydrogens (tertiary/aromatic N) is 1. The molecule has 1 heterocycles. The number of anilines is 2. The number of nitrogens with one attached hydrogen (secondary N) is 1. The Morgan fingerprint density at radius 1 is 1.16 bits per heavy atom. The van der Waals surface area contributed by atoms with Gasteiger partial charge in [-0.2, -0.15) is 0 Å². The zero-order valence-electron chi connectivity index (χ0n) is 14.2. The monoisotopic (exact) mass is 340 g/mol. The van der Waals surface area contributed by atoms with Crippen LogP contribution in [0.3, 0.4) is 0 Å². The number of benzene rings is 2. The van der Waals surface area contributed by atoms with Crippen molar-refractivity contribution in [3.05, 3.63) is 59.4 Å². The van der Waals surface area contributed by atoms with Crippen LogP contribution < -0.4 is 10.2 Å². The number of amides is 1. The van der Waals surface area contributed by atoms with Crippen molar-refractivity contribution in [3.8, 4) is 0 Å². The number of aryl methyl sites for hydroxylation is 1. The van der Waals surface area contributed by atoms with E-state index in [0.29, 0.717) is 18.8 Å². The summed E-state index contributed by atoms with van der Waals surface area (Å²) in [5.74, 6) is -0.855. The first-order chi connectivity index (χ1) is 12.1. The highest BCUT2D eigenvalue weighted by atomic mass is 19.1. The van der Waals surface area contributed by atoms with Crippen LogP contribution in [0.2, 0.25) is 0 Å². The Bertz CT molecular complexity index is 804. The predicted octanol–water partition coefficient (Wildman–Crippen LogP) is 3.81. The van der Waals surface area contributed by atoms with Crippen LogP contribution >= 0.6 is 0 Å². The highest BCUT2D eigenvalue weighted by molar-refractivity contribution is 6.00. The molecule has 3 rings (SSSR count). The average molecular weight is 340 g/mol. The van der Waals surface area contributed by atoms with Gasteiger partial charge in [0.15, 0.2) is 5.78 Å². The molecule has 5 heteroatoms. The summed E-state index contributed by atoms with van der Waals surface area (Å²) in [4.78, 5) is 26.0. The van der Waals surface area contributed by atoms with Gasteiger partial charge in [0.2, 0.25) is 5.91 Å². The van der Waals surface area contributed by atoms with Crippen molar-refractivity contribution in [2.24, 2.45) is 0 Å². The van der Waals surface area contributed by atoms with Gasteiger partial charge in [-0.3, -0.25) is 9.59 Å². The highest BCUT2D eigenvalue weighted by Gasteiger charge is 2.21. The zero-order chi connectivity index (χ0) is 17.8. The second kappa shape index (κ2) is 7.47. The van der Waals surface area contributed by atoms with Crippen LogP contribution in [-0.2, 0) is 11.2 Å². The summed E-state index contributed by atoms with van der Waals surface area (Å²) >= 11 is 0. The van der Waals surface area contributed by atoms with E-state index >= 15 is 0 Å². The predicted molar refractivity (Wildman–Crippen MR) is 96.6 cm³/mol. The first-order valence-electron chi connectivity index (χ1n) is 8.49. The van der Waals surface area contributed by atoms with E-state index in [4.69, 9.17) is 0 Å². The molecule has 0 saturated heterocycles. The van der Waals surface area contributed by atoms with Crippen molar-refractivity contribution in [3.63, 3.8) is 0 Å². The summed E-state index contributed by atoms with van der Waals surface area (Å²) in [5, 5.41) is 3.02. The van der Waals surface area contributed by atoms with Crippen molar-refractivity contribution in [2.45, 2.75) is 26.2 Å². The van der Waals surface area contributed by atoms with E-state index in [0.717, 1.165) is 18.5 Å². The van der Waals surface area contributed by atoms with E-state index in [1.54, 1.807) is 12.1 Å². The van der Waals surface area contributed by atoms with Crippen molar-refractivity contribution in [1.29, 1.82) is 0 Å². The van der Waals surface area contributed by atoms with Gasteiger partial charge in [0.1, 0.15) is 5.82 Å². The van der Waals surface area contributed by atoms with Crippen LogP contribution in [0, 0.1) is 5.82 Å². The molecule has 0 bridgehead atoms. The first kappa shape index (κ1) is 17.1. The molecule has 2 aromatic carbocycles. The molecule has 130 valence electrons. The van der Waals surface area contributed by atoms with Crippen LogP contribution in [-0.4, -0.2) is 24.8 Å². The van der Waals surface area contributed by atoms with E-state index in [-0.39, 0.29) is 23.7 Å². The topological polar surface area (TPSA) is 49.4 Å². The van der Waals surface area contributed by atoms with E-state index < -0.39 is 5.82 Å². The lowest BCUT2D eigenvalue weighted by atomic mass is 10.0. The van der Waals surface area contributed by atoms with Gasteiger partial charge in [-0.25, -0.2) is 4.39 Å². The minimum absolute atomic E-state index is 0.0282. The van der Waals surface area contributed by atoms with E-state index in [1.165, 1.54) is 18.6 Å². The second-order valence-electron chi connectivity index (χ2n) is 6.17. The number of hydrogen-bond donors (Lipinski definition) is 1. The number of halogens is 1. The lowest BCUT2D eigenvalue weighted by molar-refractivity contribution is -0.118. The van der Waals surface area contributed by atoms with Crippen LogP contribution in [0.25, 0.3) is 0 Å². The average Bonchev–Trinajstić information content (AvgIpc) is 2.61. The fourth-order valence-corrected chi connectivity index (χ4v) is 3.26. The zero-order valence-corrected chi connectivity index (χ0v) is 14.2. The fourth-order valence-electron chi connectivity index (χ4n) is 3.26. The Labute approximate surface area is 146 Å². The van der Waals surface area contributed by atoms with E-state index in [1.807, 2.05) is 23.1 Å². The molecule has 0 aliphatic carbocycles. The summed E-state index contributed by atoms with van der Waals surface area (Å²) in [6.45, 7) is 2.40. The molecule has 0 saturated carbocycles. The Hall–Kier alpha value is -2.69. The molecule has 0 radical (unpaired) electrons. The van der Waals surface area contributed by atoms with Crippen molar-refractivity contribution in [1.82, 2.24) is 0 Å². The third-order valence-corrected chi connectivity index (χ3v) is 4.43. The van der Waals surface area contributed by atoms with Crippen LogP contribution in [0.15, 0.2) is 42.5 Å². The summed E-state index contributed by atoms with van der Waals surface area (Å²) in [5.41, 5.74) is 2.64. The molecule has 0 fully saturated rings. The maximum Gasteiger partial charge on any atom is 0.228 e. The molecule has 0 aromatic heterocycles. The van der Waals surface area contributed by atoms with Gasteiger partial charge in [-0.15, -0.1) is 0 Å². The molecular weight excluding hydrogens is 319 g/mol. The molecule has 0 spiro atoms. The molecule has 4 nitrogen and oxygen atoms in total. The molecule has 1 aliphatic rings. The van der Waals surface area contributed by atoms with E-state index in [2.05, 4.69) is 11.4 Å². The smallest absolute Gasteiger partial charge is 0.228 e. The van der Waals surface area contributed by atoms with E-state index in [9.17, 15) is 14.0 Å². The van der Waals surface area contributed by atoms with Crippen LogP contribution in [0.4, 0.5) is 15.8 Å². The minimum Gasteiger partial charge on any atom is -0.384 e. The summed E-state index contributed by atoms with van der Waals surface area (Å²) < 4.78 is 13.8. The van der Waals surface area contributed by atoms with Gasteiger partial charge in [0.25, 0.3) is 0 Å². The van der Waals surface area contributed by atoms with Gasteiger partial charge < -0.3 is 10.2 Å². The molecule has 1 aliphatic heterocycles. The number of fused-ring (bicyclic) bond motifs is 1. The third kappa shape index (κ3) is 3.71. The molecule has 2 aromatic rings. The normalized spacial score (nSPS) is 13.3. The van der Waals surface area contributed by atoms with Crippen molar-refractivity contribution >= 4 is 23.1 Å². The van der Waals surface area contributed by atoms with Crippen LogP contribution in [0.5, 0.6) is 0 Å². The van der Waals surface area contributed by atoms with Gasteiger partial charge >= 0.3 is 0 Å². The Morgan fingerprint density at radius 3 is 2.76 bits per heavy atom. The summed E-state index contributed by atoms with van der Waals surface area (Å²) in [7, 11) is 0. The highest BCUT2D eigenvalue weighted by Crippen LogP contribution is 2.27. The molecule has 0 unspecified atom stereocenters. The number of carbonyl (C=O) groups excluding carboxylic acids is 2. The number of Topliss-reactive ketones (excluding diaryl/α,β-unsaturated/α-hetero) is 1. The Morgan fingerprint density at radius 2 is 1.96 bits per heavy atom. The van der Waals surface area contributed by atoms with Gasteiger partial charge in [-0.1, -0.05) is 24.3 Å². The Kier molecular flexibility index (Phi) is 5.12. The maximum absolute atomic E-state index is 13.8. The number of hydrogen-bond acceptors (Lipinski definition) is 3. The van der Waals surface area contributed by atoms with Gasteiger partial charge in [0.05, 0.1) is 5.56 Å². The quantitative estimate of drug-likeness (QED) is 0.842. The largest absolute Gasteiger partial charge is 0.384 e. The number of carbonyl (C=O) groups is 2. The minimum atomic E-state index is -0.547. The molecule has 25 heavy (non-hydrogen) atoms. The molecule has 0 atom stereocenters. The molecule has 1 amide bonds. The lowest BCUT2D eigenvalue weighted by Crippen LogP contribution is -2.36. The maximum atomic E-state index is 13.8. The first-order valence-corrected chi connectivity index (χ1v) is 8.49. The molecular formula is C20H21FN2O2. The van der Waals surface area contributed by atoms with Gasteiger partial charge in [0, 0.05) is 30.9 Å². The summed E-state index contributed by atoms with van der Waals surface area (Å²) in [6, 6.07) is 12.4. The van der Waals surface area contributed by atoms with Crippen molar-refractivity contribution < 1.29 is 14.0 Å². The lowest BCUT2D eigenvalue weighted by Gasteiger charge is -2.29. The number of para-hydroxylation sites is 1. The molecule has 1 N–H and O–H groups in total. The standard InChI is InChI=1S/C20H21FN2O2/c1-14(24)20-16(21)8-4-9-17(20)22-12-11-19(25)23-13-5-7-15-6-2-3-10-18(15)23/h2-4,6,8-10,22H,5,7,11-13H2,1H3. The van der Waals surface area contributed by atoms with Gasteiger partial charge in [-0.05, 0) is 43.5 Å². The number of rotatable bonds is 5. The fraction of sp³-hybridized carbons (Fsp3) is 0.300. The Balaban J connectivity index is 1.65.